The Hall–Kier alpha value is -2.51. The van der Waals surface area contributed by atoms with Crippen molar-refractivity contribution in [2.75, 3.05) is 31.1 Å². The van der Waals surface area contributed by atoms with Crippen LogP contribution in [0.1, 0.15) is 31.3 Å². The van der Waals surface area contributed by atoms with Crippen molar-refractivity contribution in [3.8, 4) is 0 Å². The van der Waals surface area contributed by atoms with Gasteiger partial charge < -0.3 is 14.4 Å². The molecule has 8 heteroatoms. The summed E-state index contributed by atoms with van der Waals surface area (Å²) in [4.78, 5) is 20.5. The Morgan fingerprint density at radius 1 is 1.19 bits per heavy atom. The lowest BCUT2D eigenvalue weighted by Gasteiger charge is -2.38. The number of carbonyl (C=O) groups is 1. The summed E-state index contributed by atoms with van der Waals surface area (Å²) in [6, 6.07) is 5.21. The molecule has 1 aromatic heterocycles. The zero-order valence-electron chi connectivity index (χ0n) is 15.4. The maximum Gasteiger partial charge on any atom is 0.418 e. The number of piperazine rings is 1. The van der Waals surface area contributed by atoms with Gasteiger partial charge in [0, 0.05) is 50.7 Å². The summed E-state index contributed by atoms with van der Waals surface area (Å²) in [7, 11) is 0. The average molecular weight is 380 g/mol. The van der Waals surface area contributed by atoms with Gasteiger partial charge in [0.1, 0.15) is 11.9 Å². The number of aromatic nitrogens is 2. The lowest BCUT2D eigenvalue weighted by Crippen LogP contribution is -2.50. The molecule has 1 atom stereocenters. The number of alkyl halides is 3. The lowest BCUT2D eigenvalue weighted by molar-refractivity contribution is -0.137. The minimum atomic E-state index is -4.39. The predicted molar refractivity (Wildman–Crippen MR) is 96.6 cm³/mol. The summed E-state index contributed by atoms with van der Waals surface area (Å²) in [5.41, 5.74) is -0.461. The normalized spacial score (nSPS) is 16.5. The van der Waals surface area contributed by atoms with E-state index in [4.69, 9.17) is 0 Å². The Balaban J connectivity index is 1.68. The molecule has 1 fully saturated rings. The van der Waals surface area contributed by atoms with E-state index in [1.165, 1.54) is 12.1 Å². The zero-order chi connectivity index (χ0) is 19.6. The summed E-state index contributed by atoms with van der Waals surface area (Å²) in [6.07, 6.45) is -0.200. The van der Waals surface area contributed by atoms with Gasteiger partial charge in [-0.15, -0.1) is 0 Å². The Bertz CT molecular complexity index is 794. The molecular formula is C19H23F3N4O. The van der Waals surface area contributed by atoms with Gasteiger partial charge in [0.05, 0.1) is 5.56 Å². The van der Waals surface area contributed by atoms with Gasteiger partial charge in [0.2, 0.25) is 5.91 Å². The van der Waals surface area contributed by atoms with Crippen molar-refractivity contribution in [2.45, 2.75) is 32.5 Å². The van der Waals surface area contributed by atoms with Crippen LogP contribution in [-0.2, 0) is 17.4 Å². The van der Waals surface area contributed by atoms with Gasteiger partial charge in [-0.05, 0) is 19.1 Å². The number of hydrogen-bond acceptors (Lipinski definition) is 3. The molecule has 1 amide bonds. The van der Waals surface area contributed by atoms with E-state index >= 15 is 0 Å². The molecule has 2 aromatic rings. The van der Waals surface area contributed by atoms with Crippen molar-refractivity contribution in [1.29, 1.82) is 0 Å². The summed E-state index contributed by atoms with van der Waals surface area (Å²) in [5, 5.41) is 0. The molecule has 146 valence electrons. The average Bonchev–Trinajstić information content (AvgIpc) is 3.15. The number of nitrogens with zero attached hydrogens (tertiary/aromatic N) is 4. The highest BCUT2D eigenvalue weighted by Gasteiger charge is 2.35. The summed E-state index contributed by atoms with van der Waals surface area (Å²) >= 11 is 0. The number of amides is 1. The number of benzene rings is 1. The second kappa shape index (κ2) is 7.62. The summed E-state index contributed by atoms with van der Waals surface area (Å²) in [6.45, 7) is 5.34. The van der Waals surface area contributed by atoms with Crippen LogP contribution >= 0.6 is 0 Å². The molecule has 0 spiro atoms. The Morgan fingerprint density at radius 3 is 2.48 bits per heavy atom. The molecule has 0 unspecified atom stereocenters. The van der Waals surface area contributed by atoms with Crippen LogP contribution in [0.4, 0.5) is 18.9 Å². The largest absolute Gasteiger partial charge is 0.418 e. The fourth-order valence-electron chi connectivity index (χ4n) is 3.51. The van der Waals surface area contributed by atoms with E-state index in [2.05, 4.69) is 4.98 Å². The Kier molecular flexibility index (Phi) is 5.43. The minimum Gasteiger partial charge on any atom is -0.367 e. The third-order valence-electron chi connectivity index (χ3n) is 4.98. The van der Waals surface area contributed by atoms with E-state index in [1.807, 2.05) is 18.4 Å². The van der Waals surface area contributed by atoms with Gasteiger partial charge in [-0.3, -0.25) is 4.79 Å². The maximum atomic E-state index is 13.2. The molecule has 0 bridgehead atoms. The third-order valence-corrected chi connectivity index (χ3v) is 4.98. The number of rotatable bonds is 4. The Morgan fingerprint density at radius 2 is 1.85 bits per heavy atom. The van der Waals surface area contributed by atoms with Crippen LogP contribution in [0.5, 0.6) is 0 Å². The minimum absolute atomic E-state index is 0.0357. The van der Waals surface area contributed by atoms with Crippen molar-refractivity contribution in [2.24, 2.45) is 0 Å². The molecule has 27 heavy (non-hydrogen) atoms. The molecule has 1 saturated heterocycles. The first kappa shape index (κ1) is 19.3. The quantitative estimate of drug-likeness (QED) is 0.817. The van der Waals surface area contributed by atoms with E-state index in [-0.39, 0.29) is 17.6 Å². The van der Waals surface area contributed by atoms with Crippen LogP contribution in [-0.4, -0.2) is 46.5 Å². The number of imidazole rings is 1. The van der Waals surface area contributed by atoms with E-state index < -0.39 is 11.7 Å². The van der Waals surface area contributed by atoms with Crippen LogP contribution in [0.3, 0.4) is 0 Å². The maximum absolute atomic E-state index is 13.2. The number of halogens is 3. The highest BCUT2D eigenvalue weighted by molar-refractivity contribution is 5.80. The summed E-state index contributed by atoms with van der Waals surface area (Å²) in [5.74, 6) is 0.806. The number of anilines is 1. The monoisotopic (exact) mass is 380 g/mol. The molecule has 2 heterocycles. The SMILES string of the molecule is CCc1nccn1[C@@H](C)C(=O)N1CCN(c2ccccc2C(F)(F)F)CC1. The van der Waals surface area contributed by atoms with Gasteiger partial charge in [0.25, 0.3) is 0 Å². The second-order valence-corrected chi connectivity index (χ2v) is 6.61. The number of hydrogen-bond donors (Lipinski definition) is 0. The van der Waals surface area contributed by atoms with E-state index in [9.17, 15) is 18.0 Å². The van der Waals surface area contributed by atoms with Crippen molar-refractivity contribution in [3.63, 3.8) is 0 Å². The van der Waals surface area contributed by atoms with Crippen LogP contribution in [0.15, 0.2) is 36.7 Å². The lowest BCUT2D eigenvalue weighted by atomic mass is 10.1. The van der Waals surface area contributed by atoms with Crippen LogP contribution in [0.25, 0.3) is 0 Å². The molecule has 0 aliphatic carbocycles. The first-order chi connectivity index (χ1) is 12.8. The molecule has 0 N–H and O–H groups in total. The van der Waals surface area contributed by atoms with E-state index in [0.29, 0.717) is 26.2 Å². The molecule has 0 saturated carbocycles. The fourth-order valence-corrected chi connectivity index (χ4v) is 3.51. The van der Waals surface area contributed by atoms with Gasteiger partial charge in [0.15, 0.2) is 0 Å². The zero-order valence-corrected chi connectivity index (χ0v) is 15.4. The van der Waals surface area contributed by atoms with Gasteiger partial charge in [-0.1, -0.05) is 19.1 Å². The summed E-state index contributed by atoms with van der Waals surface area (Å²) < 4.78 is 41.6. The molecular weight excluding hydrogens is 357 g/mol. The molecule has 1 aliphatic heterocycles. The van der Waals surface area contributed by atoms with Gasteiger partial charge >= 0.3 is 6.18 Å². The Labute approximate surface area is 156 Å². The second-order valence-electron chi connectivity index (χ2n) is 6.61. The topological polar surface area (TPSA) is 41.4 Å². The fraction of sp³-hybridized carbons (Fsp3) is 0.474. The molecule has 1 aromatic carbocycles. The van der Waals surface area contributed by atoms with Gasteiger partial charge in [-0.25, -0.2) is 4.98 Å². The molecule has 3 rings (SSSR count). The van der Waals surface area contributed by atoms with Crippen LogP contribution in [0, 0.1) is 0 Å². The number of para-hydroxylation sites is 1. The smallest absolute Gasteiger partial charge is 0.367 e. The molecule has 0 radical (unpaired) electrons. The number of carbonyl (C=O) groups excluding carboxylic acids is 1. The molecule has 5 nitrogen and oxygen atoms in total. The van der Waals surface area contributed by atoms with E-state index in [0.717, 1.165) is 18.3 Å². The van der Waals surface area contributed by atoms with Crippen LogP contribution in [0.2, 0.25) is 0 Å². The van der Waals surface area contributed by atoms with Crippen molar-refractivity contribution in [1.82, 2.24) is 14.5 Å². The van der Waals surface area contributed by atoms with Crippen molar-refractivity contribution >= 4 is 11.6 Å². The highest BCUT2D eigenvalue weighted by atomic mass is 19.4. The van der Waals surface area contributed by atoms with E-state index in [1.54, 1.807) is 28.3 Å². The highest BCUT2D eigenvalue weighted by Crippen LogP contribution is 2.36. The van der Waals surface area contributed by atoms with Gasteiger partial charge in [-0.2, -0.15) is 13.2 Å². The standard InChI is InChI=1S/C19H23F3N4O/c1-3-17-23-8-9-26(17)14(2)18(27)25-12-10-24(11-13-25)16-7-5-4-6-15(16)19(20,21)22/h4-9,14H,3,10-13H2,1-2H3/t14-/m0/s1. The predicted octanol–water partition coefficient (Wildman–Crippen LogP) is 3.37. The first-order valence-electron chi connectivity index (χ1n) is 9.04. The van der Waals surface area contributed by atoms with Crippen LogP contribution < -0.4 is 4.90 Å². The molecule has 1 aliphatic rings. The third kappa shape index (κ3) is 3.94. The first-order valence-corrected chi connectivity index (χ1v) is 9.04. The van der Waals surface area contributed by atoms with Crippen molar-refractivity contribution in [3.05, 3.63) is 48.0 Å². The van der Waals surface area contributed by atoms with Crippen molar-refractivity contribution < 1.29 is 18.0 Å². The number of aryl methyl sites for hydroxylation is 1.